The van der Waals surface area contributed by atoms with E-state index in [0.29, 0.717) is 19.8 Å². The van der Waals surface area contributed by atoms with Gasteiger partial charge >= 0.3 is 0 Å². The Kier molecular flexibility index (Phi) is 4.49. The van der Waals surface area contributed by atoms with Crippen LogP contribution in [-0.2, 0) is 22.9 Å². The smallest absolute Gasteiger partial charge is 0.0975 e. The number of rotatable bonds is 5. The summed E-state index contributed by atoms with van der Waals surface area (Å²) in [5, 5.41) is 4.14. The Bertz CT molecular complexity index is 336. The summed E-state index contributed by atoms with van der Waals surface area (Å²) < 4.78 is 12.8. The van der Waals surface area contributed by atoms with Crippen LogP contribution in [0.3, 0.4) is 0 Å². The van der Waals surface area contributed by atoms with Gasteiger partial charge in [0.1, 0.15) is 0 Å². The van der Waals surface area contributed by atoms with Crippen LogP contribution in [0.4, 0.5) is 0 Å². The molecule has 1 saturated heterocycles. The van der Waals surface area contributed by atoms with Crippen LogP contribution in [0.2, 0.25) is 0 Å². The number of nitrogens with zero attached hydrogens (tertiary/aromatic N) is 2. The van der Waals surface area contributed by atoms with E-state index in [1.165, 1.54) is 5.56 Å². The van der Waals surface area contributed by atoms with E-state index < -0.39 is 0 Å². The van der Waals surface area contributed by atoms with Crippen molar-refractivity contribution in [3.05, 3.63) is 18.0 Å². The Labute approximate surface area is 101 Å². The van der Waals surface area contributed by atoms with Crippen molar-refractivity contribution in [2.24, 2.45) is 12.9 Å². The average Bonchev–Trinajstić information content (AvgIpc) is 2.77. The van der Waals surface area contributed by atoms with Gasteiger partial charge in [-0.1, -0.05) is 0 Å². The van der Waals surface area contributed by atoms with E-state index in [0.717, 1.165) is 12.8 Å². The van der Waals surface area contributed by atoms with Crippen molar-refractivity contribution in [2.45, 2.75) is 25.0 Å². The van der Waals surface area contributed by atoms with Crippen LogP contribution in [0.15, 0.2) is 12.4 Å². The first kappa shape index (κ1) is 12.5. The van der Waals surface area contributed by atoms with E-state index >= 15 is 0 Å². The molecule has 6 heteroatoms. The Morgan fingerprint density at radius 1 is 1.65 bits per heavy atom. The molecular formula is C11H20N4O2. The molecule has 1 aromatic rings. The predicted octanol–water partition coefficient (Wildman–Crippen LogP) is -0.400. The molecule has 6 nitrogen and oxygen atoms in total. The number of aryl methyl sites for hydroxylation is 2. The van der Waals surface area contributed by atoms with Crippen molar-refractivity contribution in [1.82, 2.24) is 15.2 Å². The molecule has 3 N–H and O–H groups in total. The van der Waals surface area contributed by atoms with Crippen LogP contribution < -0.4 is 11.3 Å². The van der Waals surface area contributed by atoms with Crippen LogP contribution in [0.1, 0.15) is 12.0 Å². The first-order valence-electron chi connectivity index (χ1n) is 5.92. The van der Waals surface area contributed by atoms with Gasteiger partial charge in [-0.3, -0.25) is 16.0 Å². The van der Waals surface area contributed by atoms with Gasteiger partial charge in [0.05, 0.1) is 32.1 Å². The molecule has 2 heterocycles. The molecule has 2 unspecified atom stereocenters. The standard InChI is InChI=1S/C11H20N4O2/c1-15-7-9(6-13-15)2-3-10(14-12)11-8-16-4-5-17-11/h6-7,10-11,14H,2-5,8,12H2,1H3. The van der Waals surface area contributed by atoms with E-state index in [1.807, 2.05) is 19.4 Å². The minimum Gasteiger partial charge on any atom is -0.376 e. The zero-order valence-corrected chi connectivity index (χ0v) is 10.1. The van der Waals surface area contributed by atoms with Crippen molar-refractivity contribution < 1.29 is 9.47 Å². The van der Waals surface area contributed by atoms with Crippen LogP contribution in [0.5, 0.6) is 0 Å². The predicted molar refractivity (Wildman–Crippen MR) is 63.2 cm³/mol. The average molecular weight is 240 g/mol. The van der Waals surface area contributed by atoms with E-state index in [4.69, 9.17) is 15.3 Å². The van der Waals surface area contributed by atoms with Gasteiger partial charge < -0.3 is 9.47 Å². The lowest BCUT2D eigenvalue weighted by atomic mass is 10.0. The van der Waals surface area contributed by atoms with Gasteiger partial charge in [-0.2, -0.15) is 5.10 Å². The molecule has 0 spiro atoms. The van der Waals surface area contributed by atoms with Gasteiger partial charge in [-0.15, -0.1) is 0 Å². The summed E-state index contributed by atoms with van der Waals surface area (Å²) in [6.45, 7) is 1.94. The van der Waals surface area contributed by atoms with Crippen LogP contribution >= 0.6 is 0 Å². The second kappa shape index (κ2) is 6.11. The largest absolute Gasteiger partial charge is 0.376 e. The highest BCUT2D eigenvalue weighted by Crippen LogP contribution is 2.11. The summed E-state index contributed by atoms with van der Waals surface area (Å²) in [6, 6.07) is 0.121. The third-order valence-electron chi connectivity index (χ3n) is 3.01. The monoisotopic (exact) mass is 240 g/mol. The normalized spacial score (nSPS) is 22.6. The Hall–Kier alpha value is -0.950. The lowest BCUT2D eigenvalue weighted by molar-refractivity contribution is -0.102. The summed E-state index contributed by atoms with van der Waals surface area (Å²) in [5.41, 5.74) is 4.03. The SMILES string of the molecule is Cn1cc(CCC(NN)C2COCCO2)cn1. The molecule has 2 rings (SSSR count). The maximum absolute atomic E-state index is 5.64. The molecule has 1 aliphatic rings. The molecule has 0 aliphatic carbocycles. The van der Waals surface area contributed by atoms with Crippen LogP contribution in [-0.4, -0.2) is 41.7 Å². The van der Waals surface area contributed by atoms with E-state index in [2.05, 4.69) is 10.5 Å². The fourth-order valence-corrected chi connectivity index (χ4v) is 2.04. The molecular weight excluding hydrogens is 220 g/mol. The lowest BCUT2D eigenvalue weighted by Gasteiger charge is -2.29. The molecule has 96 valence electrons. The van der Waals surface area contributed by atoms with Gasteiger partial charge in [0, 0.05) is 19.3 Å². The highest BCUT2D eigenvalue weighted by atomic mass is 16.6. The molecule has 2 atom stereocenters. The molecule has 0 aromatic carbocycles. The summed E-state index contributed by atoms with van der Waals surface area (Å²) in [4.78, 5) is 0. The van der Waals surface area contributed by atoms with E-state index in [9.17, 15) is 0 Å². The Balaban J connectivity index is 1.82. The van der Waals surface area contributed by atoms with Crippen molar-refractivity contribution in [3.8, 4) is 0 Å². The Morgan fingerprint density at radius 3 is 3.12 bits per heavy atom. The highest BCUT2D eigenvalue weighted by molar-refractivity contribution is 5.04. The molecule has 17 heavy (non-hydrogen) atoms. The molecule has 0 amide bonds. The van der Waals surface area contributed by atoms with E-state index in [1.54, 1.807) is 4.68 Å². The van der Waals surface area contributed by atoms with Crippen molar-refractivity contribution in [1.29, 1.82) is 0 Å². The third kappa shape index (κ3) is 3.50. The zero-order chi connectivity index (χ0) is 12.1. The number of nitrogens with one attached hydrogen (secondary N) is 1. The minimum absolute atomic E-state index is 0.0467. The van der Waals surface area contributed by atoms with Crippen molar-refractivity contribution in [2.75, 3.05) is 19.8 Å². The maximum atomic E-state index is 5.64. The quantitative estimate of drug-likeness (QED) is 0.541. The topological polar surface area (TPSA) is 74.3 Å². The first-order valence-corrected chi connectivity index (χ1v) is 5.92. The first-order chi connectivity index (χ1) is 8.29. The number of ether oxygens (including phenoxy) is 2. The fraction of sp³-hybridized carbons (Fsp3) is 0.727. The lowest BCUT2D eigenvalue weighted by Crippen LogP contribution is -2.49. The van der Waals surface area contributed by atoms with Gasteiger partial charge in [-0.05, 0) is 18.4 Å². The Morgan fingerprint density at radius 2 is 2.53 bits per heavy atom. The fourth-order valence-electron chi connectivity index (χ4n) is 2.04. The number of hydrogen-bond donors (Lipinski definition) is 2. The molecule has 0 bridgehead atoms. The second-order valence-corrected chi connectivity index (χ2v) is 4.32. The van der Waals surface area contributed by atoms with Crippen molar-refractivity contribution >= 4 is 0 Å². The van der Waals surface area contributed by atoms with E-state index in [-0.39, 0.29) is 12.1 Å². The van der Waals surface area contributed by atoms with Gasteiger partial charge in [0.25, 0.3) is 0 Å². The molecule has 1 fully saturated rings. The number of hydrogen-bond acceptors (Lipinski definition) is 5. The number of nitrogens with two attached hydrogens (primary N) is 1. The second-order valence-electron chi connectivity index (χ2n) is 4.32. The van der Waals surface area contributed by atoms with Crippen LogP contribution in [0, 0.1) is 0 Å². The molecule has 1 aromatic heterocycles. The number of hydrazine groups is 1. The summed E-state index contributed by atoms with van der Waals surface area (Å²) in [7, 11) is 1.92. The van der Waals surface area contributed by atoms with Crippen molar-refractivity contribution in [3.63, 3.8) is 0 Å². The highest BCUT2D eigenvalue weighted by Gasteiger charge is 2.23. The molecule has 0 saturated carbocycles. The minimum atomic E-state index is 0.0467. The molecule has 1 aliphatic heterocycles. The van der Waals surface area contributed by atoms with Gasteiger partial charge in [0.15, 0.2) is 0 Å². The maximum Gasteiger partial charge on any atom is 0.0975 e. The summed E-state index contributed by atoms with van der Waals surface area (Å²) >= 11 is 0. The summed E-state index contributed by atoms with van der Waals surface area (Å²) in [6.07, 6.45) is 5.79. The third-order valence-corrected chi connectivity index (χ3v) is 3.01. The molecule has 0 radical (unpaired) electrons. The zero-order valence-electron chi connectivity index (χ0n) is 10.1. The summed E-state index contributed by atoms with van der Waals surface area (Å²) in [5.74, 6) is 5.57. The van der Waals surface area contributed by atoms with Gasteiger partial charge in [0.2, 0.25) is 0 Å². The van der Waals surface area contributed by atoms with Gasteiger partial charge in [-0.25, -0.2) is 0 Å². The van der Waals surface area contributed by atoms with Crippen LogP contribution in [0.25, 0.3) is 0 Å². The number of aromatic nitrogens is 2.